The predicted octanol–water partition coefficient (Wildman–Crippen LogP) is 1.66. The van der Waals surface area contributed by atoms with Crippen molar-refractivity contribution in [1.82, 2.24) is 15.1 Å². The van der Waals surface area contributed by atoms with Gasteiger partial charge in [-0.15, -0.1) is 0 Å². The van der Waals surface area contributed by atoms with Crippen LogP contribution in [0.5, 0.6) is 0 Å². The predicted molar refractivity (Wildman–Crippen MR) is 75.5 cm³/mol. The molecule has 6 nitrogen and oxygen atoms in total. The highest BCUT2D eigenvalue weighted by Crippen LogP contribution is 2.23. The SMILES string of the molecule is COC(=O)N1CCN(C(=O)N[C@H]2CC[C@H](C)CC2)CC1. The largest absolute Gasteiger partial charge is 0.453 e. The normalized spacial score (nSPS) is 27.1. The maximum atomic E-state index is 12.2. The van der Waals surface area contributed by atoms with Crippen molar-refractivity contribution in [2.45, 2.75) is 38.6 Å². The third-order valence-corrected chi connectivity index (χ3v) is 4.34. The standard InChI is InChI=1S/C14H25N3O3/c1-11-3-5-12(6-4-11)15-13(18)16-7-9-17(10-8-16)14(19)20-2/h11-12H,3-10H2,1-2H3,(H,15,18)/t11-,12-. The van der Waals surface area contributed by atoms with E-state index in [1.165, 1.54) is 20.0 Å². The number of carbonyl (C=O) groups is 2. The van der Waals surface area contributed by atoms with Crippen molar-refractivity contribution in [3.05, 3.63) is 0 Å². The Morgan fingerprint density at radius 1 is 1.00 bits per heavy atom. The monoisotopic (exact) mass is 283 g/mol. The summed E-state index contributed by atoms with van der Waals surface area (Å²) in [5.41, 5.74) is 0. The van der Waals surface area contributed by atoms with Crippen molar-refractivity contribution >= 4 is 12.1 Å². The van der Waals surface area contributed by atoms with Gasteiger partial charge in [-0.3, -0.25) is 0 Å². The van der Waals surface area contributed by atoms with Crippen molar-refractivity contribution in [3.8, 4) is 0 Å². The smallest absolute Gasteiger partial charge is 0.409 e. The molecule has 2 aliphatic rings. The molecule has 1 heterocycles. The van der Waals surface area contributed by atoms with Crippen LogP contribution in [0.4, 0.5) is 9.59 Å². The number of carbonyl (C=O) groups excluding carboxylic acids is 2. The first kappa shape index (κ1) is 14.9. The van der Waals surface area contributed by atoms with Crippen LogP contribution in [0.15, 0.2) is 0 Å². The lowest BCUT2D eigenvalue weighted by Gasteiger charge is -2.35. The number of ether oxygens (including phenoxy) is 1. The van der Waals surface area contributed by atoms with Gasteiger partial charge in [0, 0.05) is 32.2 Å². The average Bonchev–Trinajstić information content (AvgIpc) is 2.49. The van der Waals surface area contributed by atoms with Gasteiger partial charge in [0.2, 0.25) is 0 Å². The fraction of sp³-hybridized carbons (Fsp3) is 0.857. The molecule has 0 spiro atoms. The highest BCUT2D eigenvalue weighted by molar-refractivity contribution is 5.75. The molecule has 0 aromatic rings. The van der Waals surface area contributed by atoms with E-state index >= 15 is 0 Å². The molecule has 114 valence electrons. The topological polar surface area (TPSA) is 61.9 Å². The Balaban J connectivity index is 1.73. The summed E-state index contributed by atoms with van der Waals surface area (Å²) in [7, 11) is 1.38. The molecule has 2 fully saturated rings. The maximum Gasteiger partial charge on any atom is 0.409 e. The van der Waals surface area contributed by atoms with Gasteiger partial charge in [0.15, 0.2) is 0 Å². The number of nitrogens with one attached hydrogen (secondary N) is 1. The third kappa shape index (κ3) is 3.77. The molecule has 20 heavy (non-hydrogen) atoms. The molecule has 6 heteroatoms. The number of amides is 3. The van der Waals surface area contributed by atoms with E-state index in [1.54, 1.807) is 9.80 Å². The van der Waals surface area contributed by atoms with Crippen LogP contribution in [0.3, 0.4) is 0 Å². The minimum atomic E-state index is -0.314. The third-order valence-electron chi connectivity index (χ3n) is 4.34. The maximum absolute atomic E-state index is 12.2. The zero-order valence-electron chi connectivity index (χ0n) is 12.4. The second-order valence-electron chi connectivity index (χ2n) is 5.85. The molecule has 3 amide bonds. The number of piperazine rings is 1. The first-order chi connectivity index (χ1) is 9.60. The van der Waals surface area contributed by atoms with Gasteiger partial charge in [-0.2, -0.15) is 0 Å². The van der Waals surface area contributed by atoms with Crippen LogP contribution in [0, 0.1) is 5.92 Å². The molecular weight excluding hydrogens is 258 g/mol. The van der Waals surface area contributed by atoms with Gasteiger partial charge < -0.3 is 19.9 Å². The van der Waals surface area contributed by atoms with E-state index in [9.17, 15) is 9.59 Å². The molecule has 1 N–H and O–H groups in total. The van der Waals surface area contributed by atoms with E-state index in [2.05, 4.69) is 17.0 Å². The lowest BCUT2D eigenvalue weighted by Crippen LogP contribution is -2.54. The number of hydrogen-bond donors (Lipinski definition) is 1. The van der Waals surface area contributed by atoms with Gasteiger partial charge >= 0.3 is 12.1 Å². The first-order valence-corrected chi connectivity index (χ1v) is 7.48. The van der Waals surface area contributed by atoms with Crippen molar-refractivity contribution in [2.24, 2.45) is 5.92 Å². The van der Waals surface area contributed by atoms with Crippen LogP contribution >= 0.6 is 0 Å². The summed E-state index contributed by atoms with van der Waals surface area (Å²) in [5.74, 6) is 0.784. The Hall–Kier alpha value is -1.46. The van der Waals surface area contributed by atoms with E-state index in [4.69, 9.17) is 0 Å². The molecule has 1 aliphatic heterocycles. The first-order valence-electron chi connectivity index (χ1n) is 7.48. The minimum Gasteiger partial charge on any atom is -0.453 e. The van der Waals surface area contributed by atoms with Crippen LogP contribution in [-0.2, 0) is 4.74 Å². The molecule has 0 radical (unpaired) electrons. The fourth-order valence-electron chi connectivity index (χ4n) is 2.89. The number of methoxy groups -OCH3 is 1. The zero-order valence-corrected chi connectivity index (χ0v) is 12.4. The Labute approximate surface area is 120 Å². The number of rotatable bonds is 1. The van der Waals surface area contributed by atoms with Crippen LogP contribution in [0.1, 0.15) is 32.6 Å². The van der Waals surface area contributed by atoms with Gasteiger partial charge in [-0.05, 0) is 31.6 Å². The average molecular weight is 283 g/mol. The molecule has 0 bridgehead atoms. The van der Waals surface area contributed by atoms with Crippen LogP contribution in [0.2, 0.25) is 0 Å². The van der Waals surface area contributed by atoms with E-state index in [0.29, 0.717) is 32.2 Å². The van der Waals surface area contributed by atoms with Crippen molar-refractivity contribution in [1.29, 1.82) is 0 Å². The molecule has 1 saturated heterocycles. The molecule has 0 aromatic carbocycles. The minimum absolute atomic E-state index is 0.00840. The molecular formula is C14H25N3O3. The van der Waals surface area contributed by atoms with E-state index < -0.39 is 0 Å². The quantitative estimate of drug-likeness (QED) is 0.796. The van der Waals surface area contributed by atoms with Gasteiger partial charge in [-0.1, -0.05) is 6.92 Å². The highest BCUT2D eigenvalue weighted by atomic mass is 16.5. The Morgan fingerprint density at radius 2 is 1.55 bits per heavy atom. The van der Waals surface area contributed by atoms with Gasteiger partial charge in [0.05, 0.1) is 7.11 Å². The van der Waals surface area contributed by atoms with Gasteiger partial charge in [-0.25, -0.2) is 9.59 Å². The Kier molecular flexibility index (Phi) is 5.09. The van der Waals surface area contributed by atoms with E-state index in [1.807, 2.05) is 0 Å². The summed E-state index contributed by atoms with van der Waals surface area (Å²) >= 11 is 0. The summed E-state index contributed by atoms with van der Waals surface area (Å²) < 4.78 is 4.68. The van der Waals surface area contributed by atoms with E-state index in [-0.39, 0.29) is 12.1 Å². The zero-order chi connectivity index (χ0) is 14.5. The molecule has 0 aromatic heterocycles. The summed E-state index contributed by atoms with van der Waals surface area (Å²) in [6.45, 7) is 4.50. The Bertz CT molecular complexity index is 346. The fourth-order valence-corrected chi connectivity index (χ4v) is 2.89. The highest BCUT2D eigenvalue weighted by Gasteiger charge is 2.26. The van der Waals surface area contributed by atoms with E-state index in [0.717, 1.165) is 18.8 Å². The van der Waals surface area contributed by atoms with Gasteiger partial charge in [0.25, 0.3) is 0 Å². The second-order valence-corrected chi connectivity index (χ2v) is 5.85. The second kappa shape index (κ2) is 6.81. The molecule has 1 aliphatic carbocycles. The van der Waals surface area contributed by atoms with Crippen LogP contribution in [-0.4, -0.2) is 61.3 Å². The molecule has 0 unspecified atom stereocenters. The summed E-state index contributed by atoms with van der Waals surface area (Å²) in [4.78, 5) is 27.0. The summed E-state index contributed by atoms with van der Waals surface area (Å²) in [6.07, 6.45) is 4.23. The van der Waals surface area contributed by atoms with Crippen LogP contribution in [0.25, 0.3) is 0 Å². The molecule has 1 saturated carbocycles. The molecule has 2 rings (SSSR count). The number of hydrogen-bond acceptors (Lipinski definition) is 3. The van der Waals surface area contributed by atoms with Crippen molar-refractivity contribution in [3.63, 3.8) is 0 Å². The lowest BCUT2D eigenvalue weighted by atomic mass is 9.87. The lowest BCUT2D eigenvalue weighted by molar-refractivity contribution is 0.0960. The molecule has 0 atom stereocenters. The van der Waals surface area contributed by atoms with Crippen molar-refractivity contribution < 1.29 is 14.3 Å². The number of urea groups is 1. The van der Waals surface area contributed by atoms with Crippen LogP contribution < -0.4 is 5.32 Å². The van der Waals surface area contributed by atoms with Crippen molar-refractivity contribution in [2.75, 3.05) is 33.3 Å². The number of nitrogens with zero attached hydrogens (tertiary/aromatic N) is 2. The Morgan fingerprint density at radius 3 is 2.10 bits per heavy atom. The summed E-state index contributed by atoms with van der Waals surface area (Å²) in [6, 6.07) is 0.325. The summed E-state index contributed by atoms with van der Waals surface area (Å²) in [5, 5.41) is 3.12. The van der Waals surface area contributed by atoms with Gasteiger partial charge in [0.1, 0.15) is 0 Å².